The fraction of sp³-hybridized carbons (Fsp3) is 0.0588. The van der Waals surface area contributed by atoms with Crippen LogP contribution in [0.3, 0.4) is 0 Å². The van der Waals surface area contributed by atoms with Gasteiger partial charge in [0, 0.05) is 5.56 Å². The van der Waals surface area contributed by atoms with Crippen molar-refractivity contribution >= 4 is 5.97 Å². The number of ether oxygens (including phenoxy) is 1. The van der Waals surface area contributed by atoms with Crippen molar-refractivity contribution in [3.8, 4) is 11.5 Å². The molecule has 0 fully saturated rings. The first-order valence-corrected chi connectivity index (χ1v) is 6.65. The summed E-state index contributed by atoms with van der Waals surface area (Å²) in [6.07, 6.45) is 1.41. The molecule has 0 unspecified atom stereocenters. The Morgan fingerprint density at radius 2 is 1.82 bits per heavy atom. The summed E-state index contributed by atoms with van der Waals surface area (Å²) in [5, 5.41) is 0. The average molecular weight is 297 g/mol. The highest BCUT2D eigenvalue weighted by molar-refractivity contribution is 5.89. The first-order chi connectivity index (χ1) is 10.7. The molecule has 1 aromatic heterocycles. The van der Waals surface area contributed by atoms with Crippen LogP contribution in [0, 0.1) is 5.82 Å². The van der Waals surface area contributed by atoms with Gasteiger partial charge in [0.2, 0.25) is 5.89 Å². The molecule has 0 radical (unpaired) electrons. The molecule has 22 heavy (non-hydrogen) atoms. The van der Waals surface area contributed by atoms with Crippen LogP contribution in [-0.2, 0) is 11.3 Å². The molecule has 3 aromatic rings. The second-order valence-corrected chi connectivity index (χ2v) is 4.57. The third-order valence-electron chi connectivity index (χ3n) is 3.02. The van der Waals surface area contributed by atoms with Crippen molar-refractivity contribution in [3.63, 3.8) is 0 Å². The van der Waals surface area contributed by atoms with E-state index in [4.69, 9.17) is 9.15 Å². The largest absolute Gasteiger partial charge is 0.455 e. The van der Waals surface area contributed by atoms with Crippen molar-refractivity contribution in [2.24, 2.45) is 0 Å². The molecule has 0 atom stereocenters. The van der Waals surface area contributed by atoms with Gasteiger partial charge < -0.3 is 9.15 Å². The normalized spacial score (nSPS) is 10.4. The Labute approximate surface area is 126 Å². The SMILES string of the molecule is O=C(OCc1coc(-c2ccccc2)n1)c1ccccc1F. The van der Waals surface area contributed by atoms with Gasteiger partial charge in [0.1, 0.15) is 24.4 Å². The molecule has 5 heteroatoms. The zero-order valence-corrected chi connectivity index (χ0v) is 11.5. The van der Waals surface area contributed by atoms with Crippen molar-refractivity contribution in [2.45, 2.75) is 6.61 Å². The van der Waals surface area contributed by atoms with E-state index in [9.17, 15) is 9.18 Å². The van der Waals surface area contributed by atoms with Gasteiger partial charge in [0.25, 0.3) is 0 Å². The molecule has 0 spiro atoms. The molecular formula is C17H12FNO3. The number of hydrogen-bond acceptors (Lipinski definition) is 4. The molecule has 0 aliphatic carbocycles. The summed E-state index contributed by atoms with van der Waals surface area (Å²) >= 11 is 0. The molecule has 0 saturated carbocycles. The van der Waals surface area contributed by atoms with Gasteiger partial charge >= 0.3 is 5.97 Å². The highest BCUT2D eigenvalue weighted by Gasteiger charge is 2.14. The number of rotatable bonds is 4. The van der Waals surface area contributed by atoms with Gasteiger partial charge in [-0.25, -0.2) is 14.2 Å². The summed E-state index contributed by atoms with van der Waals surface area (Å²) < 4.78 is 23.8. The Hall–Kier alpha value is -2.95. The van der Waals surface area contributed by atoms with Gasteiger partial charge in [-0.3, -0.25) is 0 Å². The number of halogens is 1. The van der Waals surface area contributed by atoms with Gasteiger partial charge in [0.05, 0.1) is 5.56 Å². The van der Waals surface area contributed by atoms with Crippen LogP contribution in [0.1, 0.15) is 16.1 Å². The molecule has 1 heterocycles. The first-order valence-electron chi connectivity index (χ1n) is 6.65. The van der Waals surface area contributed by atoms with Crippen molar-refractivity contribution in [2.75, 3.05) is 0 Å². The summed E-state index contributed by atoms with van der Waals surface area (Å²) in [7, 11) is 0. The summed E-state index contributed by atoms with van der Waals surface area (Å²) in [5.74, 6) is -0.905. The molecule has 0 bridgehead atoms. The lowest BCUT2D eigenvalue weighted by molar-refractivity contribution is 0.0462. The predicted octanol–water partition coefficient (Wildman–Crippen LogP) is 3.84. The Morgan fingerprint density at radius 1 is 1.09 bits per heavy atom. The summed E-state index contributed by atoms with van der Waals surface area (Å²) in [4.78, 5) is 16.0. The summed E-state index contributed by atoms with van der Waals surface area (Å²) in [5.41, 5.74) is 1.19. The number of hydrogen-bond donors (Lipinski definition) is 0. The topological polar surface area (TPSA) is 52.3 Å². The van der Waals surface area contributed by atoms with E-state index in [1.54, 1.807) is 6.07 Å². The van der Waals surface area contributed by atoms with E-state index in [0.717, 1.165) is 5.56 Å². The number of nitrogens with zero attached hydrogens (tertiary/aromatic N) is 1. The minimum atomic E-state index is -0.734. The zero-order valence-electron chi connectivity index (χ0n) is 11.5. The number of oxazole rings is 1. The molecule has 110 valence electrons. The predicted molar refractivity (Wildman–Crippen MR) is 77.5 cm³/mol. The van der Waals surface area contributed by atoms with E-state index in [1.807, 2.05) is 30.3 Å². The standard InChI is InChI=1S/C17H12FNO3/c18-15-9-5-4-8-14(15)17(20)22-11-13-10-21-16(19-13)12-6-2-1-3-7-12/h1-10H,11H2. The van der Waals surface area contributed by atoms with E-state index in [-0.39, 0.29) is 12.2 Å². The Kier molecular flexibility index (Phi) is 3.96. The lowest BCUT2D eigenvalue weighted by Gasteiger charge is -2.03. The minimum absolute atomic E-state index is 0.0799. The smallest absolute Gasteiger partial charge is 0.341 e. The van der Waals surface area contributed by atoms with Crippen molar-refractivity contribution < 1.29 is 18.3 Å². The number of benzene rings is 2. The maximum atomic E-state index is 13.5. The second-order valence-electron chi connectivity index (χ2n) is 4.57. The molecule has 0 aliphatic heterocycles. The quantitative estimate of drug-likeness (QED) is 0.687. The van der Waals surface area contributed by atoms with Crippen LogP contribution >= 0.6 is 0 Å². The van der Waals surface area contributed by atoms with Gasteiger partial charge in [0.15, 0.2) is 0 Å². The summed E-state index contributed by atoms with van der Waals surface area (Å²) in [6.45, 7) is -0.0799. The zero-order chi connectivity index (χ0) is 15.4. The third-order valence-corrected chi connectivity index (χ3v) is 3.02. The van der Waals surface area contributed by atoms with Crippen LogP contribution < -0.4 is 0 Å². The molecule has 0 aliphatic rings. The maximum absolute atomic E-state index is 13.5. The van der Waals surface area contributed by atoms with Gasteiger partial charge in [-0.05, 0) is 24.3 Å². The Bertz CT molecular complexity index is 783. The first kappa shape index (κ1) is 14.0. The highest BCUT2D eigenvalue weighted by atomic mass is 19.1. The average Bonchev–Trinajstić information content (AvgIpc) is 3.03. The van der Waals surface area contributed by atoms with Crippen LogP contribution in [0.2, 0.25) is 0 Å². The minimum Gasteiger partial charge on any atom is -0.455 e. The molecule has 2 aromatic carbocycles. The van der Waals surface area contributed by atoms with Crippen molar-refractivity contribution in [3.05, 3.63) is 77.9 Å². The monoisotopic (exact) mass is 297 g/mol. The molecule has 0 amide bonds. The Morgan fingerprint density at radius 3 is 2.59 bits per heavy atom. The van der Waals surface area contributed by atoms with Crippen LogP contribution in [0.15, 0.2) is 65.3 Å². The van der Waals surface area contributed by atoms with Crippen LogP contribution in [0.25, 0.3) is 11.5 Å². The fourth-order valence-electron chi connectivity index (χ4n) is 1.93. The molecule has 0 N–H and O–H groups in total. The molecule has 4 nitrogen and oxygen atoms in total. The fourth-order valence-corrected chi connectivity index (χ4v) is 1.93. The molecule has 0 saturated heterocycles. The lowest BCUT2D eigenvalue weighted by atomic mass is 10.2. The third kappa shape index (κ3) is 3.03. The van der Waals surface area contributed by atoms with E-state index in [0.29, 0.717) is 11.6 Å². The number of esters is 1. The van der Waals surface area contributed by atoms with Gasteiger partial charge in [-0.1, -0.05) is 30.3 Å². The lowest BCUT2D eigenvalue weighted by Crippen LogP contribution is -2.07. The van der Waals surface area contributed by atoms with Gasteiger partial charge in [-0.2, -0.15) is 0 Å². The summed E-state index contributed by atoms with van der Waals surface area (Å²) in [6, 6.07) is 15.0. The number of carbonyl (C=O) groups is 1. The van der Waals surface area contributed by atoms with Crippen LogP contribution in [0.5, 0.6) is 0 Å². The van der Waals surface area contributed by atoms with Gasteiger partial charge in [-0.15, -0.1) is 0 Å². The van der Waals surface area contributed by atoms with Crippen molar-refractivity contribution in [1.82, 2.24) is 4.98 Å². The van der Waals surface area contributed by atoms with Crippen LogP contribution in [-0.4, -0.2) is 11.0 Å². The number of aromatic nitrogens is 1. The Balaban J connectivity index is 1.67. The van der Waals surface area contributed by atoms with E-state index >= 15 is 0 Å². The number of carbonyl (C=O) groups excluding carboxylic acids is 1. The van der Waals surface area contributed by atoms with E-state index in [1.165, 1.54) is 24.5 Å². The van der Waals surface area contributed by atoms with E-state index in [2.05, 4.69) is 4.98 Å². The second kappa shape index (κ2) is 6.22. The maximum Gasteiger partial charge on any atom is 0.341 e. The van der Waals surface area contributed by atoms with Crippen molar-refractivity contribution in [1.29, 1.82) is 0 Å². The van der Waals surface area contributed by atoms with Crippen LogP contribution in [0.4, 0.5) is 4.39 Å². The highest BCUT2D eigenvalue weighted by Crippen LogP contribution is 2.18. The molecular weight excluding hydrogens is 285 g/mol. The molecule has 3 rings (SSSR count). The van der Waals surface area contributed by atoms with E-state index < -0.39 is 11.8 Å².